The molecular formula is C13H16BrNO3S. The van der Waals surface area contributed by atoms with Crippen LogP contribution < -0.4 is 0 Å². The number of rotatable bonds is 3. The van der Waals surface area contributed by atoms with Gasteiger partial charge in [-0.3, -0.25) is 4.79 Å². The number of hydrogen-bond acceptors (Lipinski definition) is 3. The summed E-state index contributed by atoms with van der Waals surface area (Å²) in [6, 6.07) is 6.43. The highest BCUT2D eigenvalue weighted by molar-refractivity contribution is 9.10. The number of nitrogens with zero attached hydrogens (tertiary/aromatic N) is 1. The summed E-state index contributed by atoms with van der Waals surface area (Å²) in [4.78, 5) is 12.1. The van der Waals surface area contributed by atoms with Gasteiger partial charge in [0.2, 0.25) is 5.91 Å². The van der Waals surface area contributed by atoms with Crippen LogP contribution in [0.4, 0.5) is 0 Å². The molecule has 1 fully saturated rings. The van der Waals surface area contributed by atoms with Crippen LogP contribution in [0.3, 0.4) is 0 Å². The minimum absolute atomic E-state index is 0.106. The first kappa shape index (κ1) is 14.5. The molecule has 0 saturated carbocycles. The van der Waals surface area contributed by atoms with Crippen molar-refractivity contribution >= 4 is 31.9 Å². The van der Waals surface area contributed by atoms with Crippen molar-refractivity contribution < 1.29 is 13.2 Å². The lowest BCUT2D eigenvalue weighted by atomic mass is 9.95. The highest BCUT2D eigenvalue weighted by atomic mass is 79.9. The minimum Gasteiger partial charge on any atom is -0.274 e. The standard InChI is InChI=1S/C13H16BrNO3S/c1-9(2)10-6-13(16)15(8-10)19(17,18)12-5-3-4-11(14)7-12/h3-5,7,9-10H,6,8H2,1-2H3. The molecule has 0 radical (unpaired) electrons. The van der Waals surface area contributed by atoms with Gasteiger partial charge in [0.1, 0.15) is 0 Å². The zero-order chi connectivity index (χ0) is 14.2. The Hall–Kier alpha value is -0.880. The van der Waals surface area contributed by atoms with Gasteiger partial charge >= 0.3 is 0 Å². The molecule has 0 aliphatic carbocycles. The molecule has 1 unspecified atom stereocenters. The van der Waals surface area contributed by atoms with Gasteiger partial charge in [-0.1, -0.05) is 35.8 Å². The van der Waals surface area contributed by atoms with E-state index in [-0.39, 0.29) is 23.3 Å². The van der Waals surface area contributed by atoms with Crippen molar-refractivity contribution in [3.8, 4) is 0 Å². The lowest BCUT2D eigenvalue weighted by Gasteiger charge is -2.18. The van der Waals surface area contributed by atoms with E-state index in [1.807, 2.05) is 13.8 Å². The summed E-state index contributed by atoms with van der Waals surface area (Å²) < 4.78 is 26.6. The van der Waals surface area contributed by atoms with E-state index >= 15 is 0 Å². The Balaban J connectivity index is 2.33. The number of hydrogen-bond donors (Lipinski definition) is 0. The average molecular weight is 346 g/mol. The molecule has 0 bridgehead atoms. The van der Waals surface area contributed by atoms with Gasteiger partial charge in [0.05, 0.1) is 4.90 Å². The number of benzene rings is 1. The van der Waals surface area contributed by atoms with Crippen LogP contribution in [0.25, 0.3) is 0 Å². The molecule has 0 spiro atoms. The molecule has 6 heteroatoms. The van der Waals surface area contributed by atoms with E-state index in [0.29, 0.717) is 16.8 Å². The van der Waals surface area contributed by atoms with Crippen molar-refractivity contribution in [3.63, 3.8) is 0 Å². The van der Waals surface area contributed by atoms with Crippen LogP contribution >= 0.6 is 15.9 Å². The lowest BCUT2D eigenvalue weighted by molar-refractivity contribution is -0.123. The third kappa shape index (κ3) is 2.84. The van der Waals surface area contributed by atoms with Gasteiger partial charge in [-0.05, 0) is 30.0 Å². The van der Waals surface area contributed by atoms with Gasteiger partial charge in [0.25, 0.3) is 10.0 Å². The highest BCUT2D eigenvalue weighted by Crippen LogP contribution is 2.30. The molecule has 1 saturated heterocycles. The van der Waals surface area contributed by atoms with Crippen molar-refractivity contribution in [2.24, 2.45) is 11.8 Å². The smallest absolute Gasteiger partial charge is 0.266 e. The van der Waals surface area contributed by atoms with Crippen LogP contribution in [0.15, 0.2) is 33.6 Å². The Kier molecular flexibility index (Phi) is 4.01. The maximum Gasteiger partial charge on any atom is 0.266 e. The van der Waals surface area contributed by atoms with E-state index in [0.717, 1.165) is 4.31 Å². The number of carbonyl (C=O) groups excluding carboxylic acids is 1. The molecule has 1 aliphatic heterocycles. The van der Waals surface area contributed by atoms with E-state index in [1.54, 1.807) is 12.1 Å². The fraction of sp³-hybridized carbons (Fsp3) is 0.462. The largest absolute Gasteiger partial charge is 0.274 e. The van der Waals surface area contributed by atoms with Gasteiger partial charge in [-0.15, -0.1) is 0 Å². The maximum atomic E-state index is 12.4. The molecule has 19 heavy (non-hydrogen) atoms. The molecule has 1 aliphatic rings. The zero-order valence-corrected chi connectivity index (χ0v) is 13.2. The normalized spacial score (nSPS) is 20.3. The SMILES string of the molecule is CC(C)C1CC(=O)N(S(=O)(=O)c2cccc(Br)c2)C1. The molecule has 104 valence electrons. The summed E-state index contributed by atoms with van der Waals surface area (Å²) in [5.41, 5.74) is 0. The monoisotopic (exact) mass is 345 g/mol. The number of halogens is 1. The molecule has 4 nitrogen and oxygen atoms in total. The van der Waals surface area contributed by atoms with Crippen molar-refractivity contribution in [2.45, 2.75) is 25.2 Å². The zero-order valence-electron chi connectivity index (χ0n) is 10.8. The van der Waals surface area contributed by atoms with Gasteiger partial charge in [-0.25, -0.2) is 12.7 Å². The quantitative estimate of drug-likeness (QED) is 0.846. The first-order valence-electron chi connectivity index (χ1n) is 6.13. The van der Waals surface area contributed by atoms with E-state index in [9.17, 15) is 13.2 Å². The predicted octanol–water partition coefficient (Wildman–Crippen LogP) is 2.64. The third-order valence-corrected chi connectivity index (χ3v) is 5.72. The third-order valence-electron chi connectivity index (χ3n) is 3.44. The topological polar surface area (TPSA) is 54.5 Å². The second-order valence-electron chi connectivity index (χ2n) is 5.10. The second-order valence-corrected chi connectivity index (χ2v) is 7.87. The molecule has 1 aromatic rings. The van der Waals surface area contributed by atoms with Crippen LogP contribution in [0.1, 0.15) is 20.3 Å². The molecule has 2 rings (SSSR count). The molecule has 0 N–H and O–H groups in total. The summed E-state index contributed by atoms with van der Waals surface area (Å²) in [5.74, 6) is 0.0970. The minimum atomic E-state index is -3.72. The average Bonchev–Trinajstić information content (AvgIpc) is 2.72. The van der Waals surface area contributed by atoms with Crippen molar-refractivity contribution in [1.82, 2.24) is 4.31 Å². The summed E-state index contributed by atoms with van der Waals surface area (Å²) in [5, 5.41) is 0. The highest BCUT2D eigenvalue weighted by Gasteiger charge is 2.39. The lowest BCUT2D eigenvalue weighted by Crippen LogP contribution is -2.32. The Bertz CT molecular complexity index is 598. The van der Waals surface area contributed by atoms with Crippen LogP contribution in [0.2, 0.25) is 0 Å². The van der Waals surface area contributed by atoms with E-state index < -0.39 is 10.0 Å². The van der Waals surface area contributed by atoms with Gasteiger partial charge in [0, 0.05) is 17.4 Å². The van der Waals surface area contributed by atoms with Crippen molar-refractivity contribution in [1.29, 1.82) is 0 Å². The van der Waals surface area contributed by atoms with Gasteiger partial charge in [0.15, 0.2) is 0 Å². The van der Waals surface area contributed by atoms with Crippen LogP contribution in [0.5, 0.6) is 0 Å². The fourth-order valence-corrected chi connectivity index (χ4v) is 4.20. The van der Waals surface area contributed by atoms with Crippen LogP contribution in [0, 0.1) is 11.8 Å². The molecule has 1 atom stereocenters. The molecule has 0 aromatic heterocycles. The number of carbonyl (C=O) groups is 1. The Morgan fingerprint density at radius 3 is 2.58 bits per heavy atom. The summed E-state index contributed by atoms with van der Waals surface area (Å²) in [6.45, 7) is 4.30. The molecule has 1 amide bonds. The Labute approximate surface area is 122 Å². The predicted molar refractivity (Wildman–Crippen MR) is 76.0 cm³/mol. The van der Waals surface area contributed by atoms with Crippen LogP contribution in [-0.2, 0) is 14.8 Å². The Morgan fingerprint density at radius 1 is 1.37 bits per heavy atom. The fourth-order valence-electron chi connectivity index (χ4n) is 2.14. The summed E-state index contributed by atoms with van der Waals surface area (Å²) in [7, 11) is -3.72. The molecule has 1 heterocycles. The van der Waals surface area contributed by atoms with Crippen LogP contribution in [-0.4, -0.2) is 25.2 Å². The maximum absolute atomic E-state index is 12.4. The Morgan fingerprint density at radius 2 is 2.05 bits per heavy atom. The van der Waals surface area contributed by atoms with Gasteiger partial charge in [-0.2, -0.15) is 0 Å². The first-order chi connectivity index (χ1) is 8.82. The van der Waals surface area contributed by atoms with Gasteiger partial charge < -0.3 is 0 Å². The van der Waals surface area contributed by atoms with E-state index in [2.05, 4.69) is 15.9 Å². The molecule has 1 aromatic carbocycles. The first-order valence-corrected chi connectivity index (χ1v) is 8.37. The van der Waals surface area contributed by atoms with E-state index in [4.69, 9.17) is 0 Å². The second kappa shape index (κ2) is 5.25. The molecular weight excluding hydrogens is 330 g/mol. The summed E-state index contributed by atoms with van der Waals surface area (Å²) in [6.07, 6.45) is 0.310. The van der Waals surface area contributed by atoms with Crippen molar-refractivity contribution in [2.75, 3.05) is 6.54 Å². The van der Waals surface area contributed by atoms with E-state index in [1.165, 1.54) is 12.1 Å². The summed E-state index contributed by atoms with van der Waals surface area (Å²) >= 11 is 3.25. The number of sulfonamides is 1. The number of amides is 1. The van der Waals surface area contributed by atoms with Crippen molar-refractivity contribution in [3.05, 3.63) is 28.7 Å².